The molecule has 0 aliphatic carbocycles. The Morgan fingerprint density at radius 1 is 1.32 bits per heavy atom. The van der Waals surface area contributed by atoms with Crippen LogP contribution in [0.25, 0.3) is 0 Å². The summed E-state index contributed by atoms with van der Waals surface area (Å²) >= 11 is 11.5. The molecule has 0 aliphatic heterocycles. The van der Waals surface area contributed by atoms with Gasteiger partial charge in [-0.1, -0.05) is 17.6 Å². The van der Waals surface area contributed by atoms with Crippen molar-refractivity contribution in [1.82, 2.24) is 5.43 Å². The number of rotatable bonds is 8. The van der Waals surface area contributed by atoms with Crippen LogP contribution in [0, 0.1) is 10.1 Å². The average molecular weight is 347 g/mol. The van der Waals surface area contributed by atoms with Crippen LogP contribution >= 0.6 is 23.2 Å². The molecule has 8 nitrogen and oxygen atoms in total. The molecule has 0 radical (unpaired) electrons. The van der Waals surface area contributed by atoms with Crippen LogP contribution in [0.2, 0.25) is 0 Å². The van der Waals surface area contributed by atoms with Crippen molar-refractivity contribution in [2.24, 2.45) is 15.9 Å². The zero-order valence-electron chi connectivity index (χ0n) is 11.7. The number of hydrogen-bond acceptors (Lipinski definition) is 5. The predicted molar refractivity (Wildman–Crippen MR) is 89.4 cm³/mol. The number of guanidine groups is 1. The highest BCUT2D eigenvalue weighted by Gasteiger charge is 2.04. The fourth-order valence-corrected chi connectivity index (χ4v) is 2.03. The van der Waals surface area contributed by atoms with Gasteiger partial charge in [0, 0.05) is 30.5 Å². The van der Waals surface area contributed by atoms with Gasteiger partial charge in [-0.3, -0.25) is 0 Å². The molecule has 0 fully saturated rings. The van der Waals surface area contributed by atoms with Crippen LogP contribution < -0.4 is 16.1 Å². The summed E-state index contributed by atoms with van der Waals surface area (Å²) in [6.07, 6.45) is 1.44. The maximum absolute atomic E-state index is 10.1. The van der Waals surface area contributed by atoms with Crippen LogP contribution in [0.4, 0.5) is 5.69 Å². The number of benzene rings is 1. The van der Waals surface area contributed by atoms with Crippen LogP contribution in [0.1, 0.15) is 5.56 Å². The Hall–Kier alpha value is -2.06. The number of nitrogens with one attached hydrogen (secondary N) is 1. The molecule has 0 aromatic heterocycles. The van der Waals surface area contributed by atoms with Gasteiger partial charge >= 0.3 is 0 Å². The first-order valence-corrected chi connectivity index (χ1v) is 7.38. The number of halogens is 2. The minimum Gasteiger partial charge on any atom is -0.369 e. The standard InChI is InChI=1S/C12H16Cl2N6O2/c13-5-7-19(8-6-14)11-3-1-10(2-4-11)9-16-17-12(15)18-20(21)22/h1-4,9H,5-8H2,(H3,15,17,18)/b16-9+. The second-order valence-electron chi connectivity index (χ2n) is 4.06. The summed E-state index contributed by atoms with van der Waals surface area (Å²) in [5.74, 6) is 0.628. The van der Waals surface area contributed by atoms with E-state index in [2.05, 4.69) is 15.1 Å². The van der Waals surface area contributed by atoms with Crippen LogP contribution in [-0.2, 0) is 0 Å². The highest BCUT2D eigenvalue weighted by atomic mass is 35.5. The third-order valence-electron chi connectivity index (χ3n) is 2.55. The summed E-state index contributed by atoms with van der Waals surface area (Å²) in [5, 5.41) is 16.4. The van der Waals surface area contributed by atoms with Gasteiger partial charge in [-0.25, -0.2) is 10.1 Å². The van der Waals surface area contributed by atoms with Crippen molar-refractivity contribution in [3.05, 3.63) is 39.9 Å². The van der Waals surface area contributed by atoms with Crippen molar-refractivity contribution in [1.29, 1.82) is 0 Å². The molecule has 0 bridgehead atoms. The molecule has 0 aliphatic rings. The van der Waals surface area contributed by atoms with Gasteiger partial charge < -0.3 is 10.6 Å². The molecule has 22 heavy (non-hydrogen) atoms. The summed E-state index contributed by atoms with van der Waals surface area (Å²) < 4.78 is 0. The SMILES string of the molecule is N/C(=N/N=C/c1ccc(N(CCCl)CCCl)cc1)N[N+](=O)[O-]. The Morgan fingerprint density at radius 3 is 2.41 bits per heavy atom. The molecular weight excluding hydrogens is 331 g/mol. The zero-order chi connectivity index (χ0) is 16.4. The van der Waals surface area contributed by atoms with Crippen LogP contribution in [0.5, 0.6) is 0 Å². The van der Waals surface area contributed by atoms with Crippen molar-refractivity contribution in [3.8, 4) is 0 Å². The first-order valence-electron chi connectivity index (χ1n) is 6.31. The van der Waals surface area contributed by atoms with E-state index in [0.29, 0.717) is 24.8 Å². The van der Waals surface area contributed by atoms with Gasteiger partial charge in [-0.2, -0.15) is 5.10 Å². The number of hydrazine groups is 1. The van der Waals surface area contributed by atoms with E-state index in [0.717, 1.165) is 11.3 Å². The second-order valence-corrected chi connectivity index (χ2v) is 4.81. The topological polar surface area (TPSA) is 109 Å². The normalized spacial score (nSPS) is 11.6. The Labute approximate surface area is 137 Å². The Bertz CT molecular complexity index is 529. The van der Waals surface area contributed by atoms with Crippen LogP contribution in [0.3, 0.4) is 0 Å². The Morgan fingerprint density at radius 2 is 1.91 bits per heavy atom. The molecule has 3 N–H and O–H groups in total. The minimum atomic E-state index is -0.814. The molecule has 0 spiro atoms. The van der Waals surface area contributed by atoms with Crippen molar-refractivity contribution in [2.75, 3.05) is 29.7 Å². The molecule has 1 rings (SSSR count). The maximum Gasteiger partial charge on any atom is 0.275 e. The van der Waals surface area contributed by atoms with E-state index in [9.17, 15) is 10.1 Å². The smallest absolute Gasteiger partial charge is 0.275 e. The van der Waals surface area contributed by atoms with Crippen molar-refractivity contribution >= 4 is 41.1 Å². The molecule has 0 saturated carbocycles. The number of anilines is 1. The molecule has 1 aromatic carbocycles. The Kier molecular flexibility index (Phi) is 8.01. The lowest BCUT2D eigenvalue weighted by molar-refractivity contribution is -0.525. The first kappa shape index (κ1) is 18.0. The van der Waals surface area contributed by atoms with E-state index in [1.54, 1.807) is 5.43 Å². The summed E-state index contributed by atoms with van der Waals surface area (Å²) in [7, 11) is 0. The van der Waals surface area contributed by atoms with E-state index < -0.39 is 11.0 Å². The number of hydrogen-bond donors (Lipinski definition) is 2. The lowest BCUT2D eigenvalue weighted by Gasteiger charge is -2.22. The summed E-state index contributed by atoms with van der Waals surface area (Å²) in [6, 6.07) is 7.48. The molecule has 0 amide bonds. The lowest BCUT2D eigenvalue weighted by atomic mass is 10.2. The van der Waals surface area contributed by atoms with Gasteiger partial charge in [0.25, 0.3) is 5.96 Å². The van der Waals surface area contributed by atoms with Gasteiger partial charge in [0.05, 0.1) is 6.21 Å². The van der Waals surface area contributed by atoms with Gasteiger partial charge in [-0.15, -0.1) is 28.3 Å². The molecule has 120 valence electrons. The molecule has 0 heterocycles. The molecular formula is C12H16Cl2N6O2. The van der Waals surface area contributed by atoms with Gasteiger partial charge in [0.15, 0.2) is 5.03 Å². The monoisotopic (exact) mass is 346 g/mol. The minimum absolute atomic E-state index is 0.395. The number of nitrogens with two attached hydrogens (primary N) is 1. The summed E-state index contributed by atoms with van der Waals surface area (Å²) in [4.78, 5) is 12.2. The molecule has 1 aromatic rings. The van der Waals surface area contributed by atoms with E-state index in [1.807, 2.05) is 24.3 Å². The lowest BCUT2D eigenvalue weighted by Crippen LogP contribution is -2.35. The average Bonchev–Trinajstić information content (AvgIpc) is 2.47. The van der Waals surface area contributed by atoms with E-state index in [4.69, 9.17) is 28.9 Å². The van der Waals surface area contributed by atoms with Crippen molar-refractivity contribution in [3.63, 3.8) is 0 Å². The fraction of sp³-hybridized carbons (Fsp3) is 0.333. The van der Waals surface area contributed by atoms with Crippen LogP contribution in [0.15, 0.2) is 34.5 Å². The third-order valence-corrected chi connectivity index (χ3v) is 2.88. The zero-order valence-corrected chi connectivity index (χ0v) is 13.2. The molecule has 0 unspecified atom stereocenters. The van der Waals surface area contributed by atoms with Gasteiger partial charge in [0.1, 0.15) is 0 Å². The molecule has 10 heteroatoms. The summed E-state index contributed by atoms with van der Waals surface area (Å²) in [5.41, 5.74) is 8.68. The highest BCUT2D eigenvalue weighted by molar-refractivity contribution is 6.18. The van der Waals surface area contributed by atoms with E-state index >= 15 is 0 Å². The predicted octanol–water partition coefficient (Wildman–Crippen LogP) is 1.40. The van der Waals surface area contributed by atoms with Crippen LogP contribution in [-0.4, -0.2) is 42.1 Å². The molecule has 0 atom stereocenters. The summed E-state index contributed by atoms with van der Waals surface area (Å²) in [6.45, 7) is 1.41. The second kappa shape index (κ2) is 9.80. The largest absolute Gasteiger partial charge is 0.369 e. The highest BCUT2D eigenvalue weighted by Crippen LogP contribution is 2.15. The fourth-order valence-electron chi connectivity index (χ4n) is 1.62. The van der Waals surface area contributed by atoms with Gasteiger partial charge in [-0.05, 0) is 17.7 Å². The van der Waals surface area contributed by atoms with E-state index in [1.165, 1.54) is 6.21 Å². The number of nitro groups is 1. The van der Waals surface area contributed by atoms with Crippen molar-refractivity contribution in [2.45, 2.75) is 0 Å². The number of nitrogens with zero attached hydrogens (tertiary/aromatic N) is 4. The van der Waals surface area contributed by atoms with Gasteiger partial charge in [0.2, 0.25) is 0 Å². The first-order chi connectivity index (χ1) is 10.6. The quantitative estimate of drug-likeness (QED) is 0.243. The third kappa shape index (κ3) is 6.59. The van der Waals surface area contributed by atoms with E-state index in [-0.39, 0.29) is 0 Å². The Balaban J connectivity index is 2.69. The molecule has 0 saturated heterocycles. The van der Waals surface area contributed by atoms with Crippen molar-refractivity contribution < 1.29 is 5.03 Å². The maximum atomic E-state index is 10.1. The number of alkyl halides is 2.